The zero-order chi connectivity index (χ0) is 21.6. The number of aliphatic hydroxyl groups excluding tert-OH is 2. The largest absolute Gasteiger partial charge is 0.377 e. The molecule has 0 radical (unpaired) electrons. The predicted octanol–water partition coefficient (Wildman–Crippen LogP) is 2.31. The lowest BCUT2D eigenvalue weighted by molar-refractivity contribution is -0.140. The molecule has 1 amide bonds. The maximum absolute atomic E-state index is 12.8. The Kier molecular flexibility index (Phi) is 5.04. The first-order chi connectivity index (χ1) is 15.0. The molecule has 3 heterocycles. The Labute approximate surface area is 185 Å². The van der Waals surface area contributed by atoms with Gasteiger partial charge in [-0.2, -0.15) is 0 Å². The molecule has 8 heteroatoms. The molecule has 3 N–H and O–H groups in total. The van der Waals surface area contributed by atoms with Gasteiger partial charge in [0.25, 0.3) is 5.91 Å². The first-order valence-electron chi connectivity index (χ1n) is 10.4. The van der Waals surface area contributed by atoms with Crippen LogP contribution in [0.4, 0.5) is 0 Å². The number of benzene rings is 1. The molecule has 2 unspecified atom stereocenters. The van der Waals surface area contributed by atoms with Gasteiger partial charge in [-0.3, -0.25) is 4.79 Å². The van der Waals surface area contributed by atoms with Crippen LogP contribution in [-0.2, 0) is 10.2 Å². The first kappa shape index (κ1) is 20.2. The number of nitrogens with zero attached hydrogens (tertiary/aromatic N) is 3. The Morgan fingerprint density at radius 1 is 1.19 bits per heavy atom. The number of aromatic nitrogens is 1. The number of aliphatic imine (C=N–C) groups is 1. The van der Waals surface area contributed by atoms with Gasteiger partial charge >= 0.3 is 0 Å². The summed E-state index contributed by atoms with van der Waals surface area (Å²) >= 11 is 5.88. The van der Waals surface area contributed by atoms with Crippen LogP contribution in [0.1, 0.15) is 36.6 Å². The molecule has 1 aromatic heterocycles. The van der Waals surface area contributed by atoms with Gasteiger partial charge in [-0.1, -0.05) is 48.0 Å². The van der Waals surface area contributed by atoms with Crippen molar-refractivity contribution >= 4 is 23.3 Å². The molecule has 1 aromatic carbocycles. The maximum Gasteiger partial charge on any atom is 0.257 e. The van der Waals surface area contributed by atoms with Crippen LogP contribution in [0.15, 0.2) is 64.8 Å². The SMILES string of the molecule is O=C(C(O)c1cccc(Cl)n1)N1CCC2=C(C1)C(O)NC(C1(c3ccccc3)CC1)=N2. The van der Waals surface area contributed by atoms with E-state index in [1.165, 1.54) is 10.5 Å². The number of carbonyl (C=O) groups is 1. The molecular formula is C23H23ClN4O3. The molecule has 1 saturated carbocycles. The molecule has 2 aliphatic heterocycles. The Morgan fingerprint density at radius 2 is 1.97 bits per heavy atom. The maximum atomic E-state index is 12.8. The van der Waals surface area contributed by atoms with Crippen LogP contribution in [0.5, 0.6) is 0 Å². The minimum Gasteiger partial charge on any atom is -0.377 e. The second kappa shape index (κ2) is 7.75. The molecular weight excluding hydrogens is 416 g/mol. The lowest BCUT2D eigenvalue weighted by Gasteiger charge is -2.37. The number of aliphatic hydroxyl groups is 2. The van der Waals surface area contributed by atoms with Crippen LogP contribution < -0.4 is 5.32 Å². The Hall–Kier alpha value is -2.74. The van der Waals surface area contributed by atoms with Crippen molar-refractivity contribution in [3.05, 3.63) is 76.2 Å². The van der Waals surface area contributed by atoms with Crippen molar-refractivity contribution in [1.82, 2.24) is 15.2 Å². The highest BCUT2D eigenvalue weighted by Gasteiger charge is 2.51. The van der Waals surface area contributed by atoms with Gasteiger partial charge in [-0.05, 0) is 30.5 Å². The van der Waals surface area contributed by atoms with Crippen molar-refractivity contribution in [1.29, 1.82) is 0 Å². The van der Waals surface area contributed by atoms with E-state index in [1.807, 2.05) is 18.2 Å². The van der Waals surface area contributed by atoms with E-state index in [0.717, 1.165) is 24.4 Å². The summed E-state index contributed by atoms with van der Waals surface area (Å²) in [6.45, 7) is 0.617. The second-order valence-electron chi connectivity index (χ2n) is 8.22. The van der Waals surface area contributed by atoms with Gasteiger partial charge < -0.3 is 20.4 Å². The normalized spacial score (nSPS) is 22.9. The number of hydrogen-bond acceptors (Lipinski definition) is 6. The number of amides is 1. The summed E-state index contributed by atoms with van der Waals surface area (Å²) in [4.78, 5) is 23.3. The van der Waals surface area contributed by atoms with E-state index in [1.54, 1.807) is 18.2 Å². The monoisotopic (exact) mass is 438 g/mol. The standard InChI is InChI=1S/C23H23ClN4O3/c24-18-8-4-7-17(25-18)19(29)21(31)28-12-9-16-15(13-28)20(30)27-22(26-16)23(10-11-23)14-5-2-1-3-6-14/h1-8,19-20,29-30H,9-13H2,(H,26,27). The van der Waals surface area contributed by atoms with Crippen molar-refractivity contribution < 1.29 is 15.0 Å². The van der Waals surface area contributed by atoms with Crippen molar-refractivity contribution in [2.45, 2.75) is 37.0 Å². The Bertz CT molecular complexity index is 1080. The molecule has 0 bridgehead atoms. The molecule has 5 rings (SSSR count). The topological polar surface area (TPSA) is 98.0 Å². The second-order valence-corrected chi connectivity index (χ2v) is 8.61. The summed E-state index contributed by atoms with van der Waals surface area (Å²) in [7, 11) is 0. The van der Waals surface area contributed by atoms with E-state index >= 15 is 0 Å². The lowest BCUT2D eigenvalue weighted by Crippen LogP contribution is -2.50. The zero-order valence-electron chi connectivity index (χ0n) is 16.8. The smallest absolute Gasteiger partial charge is 0.257 e. The molecule has 31 heavy (non-hydrogen) atoms. The van der Waals surface area contributed by atoms with E-state index in [-0.39, 0.29) is 22.8 Å². The van der Waals surface area contributed by atoms with Gasteiger partial charge in [0, 0.05) is 30.8 Å². The van der Waals surface area contributed by atoms with Crippen molar-refractivity contribution in [2.24, 2.45) is 4.99 Å². The van der Waals surface area contributed by atoms with Crippen LogP contribution in [0.2, 0.25) is 5.15 Å². The molecule has 1 aliphatic carbocycles. The van der Waals surface area contributed by atoms with E-state index < -0.39 is 18.2 Å². The highest BCUT2D eigenvalue weighted by atomic mass is 35.5. The van der Waals surface area contributed by atoms with Gasteiger partial charge in [0.2, 0.25) is 0 Å². The van der Waals surface area contributed by atoms with Gasteiger partial charge in [0.05, 0.1) is 11.1 Å². The van der Waals surface area contributed by atoms with E-state index in [2.05, 4.69) is 22.4 Å². The molecule has 160 valence electrons. The summed E-state index contributed by atoms with van der Waals surface area (Å²) in [5, 5.41) is 24.7. The number of nitrogens with one attached hydrogen (secondary N) is 1. The zero-order valence-corrected chi connectivity index (χ0v) is 17.6. The number of hydrogen-bond donors (Lipinski definition) is 3. The van der Waals surface area contributed by atoms with Gasteiger partial charge in [0.15, 0.2) is 12.3 Å². The molecule has 0 spiro atoms. The summed E-state index contributed by atoms with van der Waals surface area (Å²) in [5.41, 5.74) is 2.73. The van der Waals surface area contributed by atoms with E-state index in [9.17, 15) is 15.0 Å². The molecule has 0 saturated heterocycles. The number of amidine groups is 1. The molecule has 7 nitrogen and oxygen atoms in total. The third-order valence-corrected chi connectivity index (χ3v) is 6.50. The number of halogens is 1. The summed E-state index contributed by atoms with van der Waals surface area (Å²) in [6, 6.07) is 15.0. The quantitative estimate of drug-likeness (QED) is 0.636. The fourth-order valence-corrected chi connectivity index (χ4v) is 4.56. The number of rotatable bonds is 4. The van der Waals surface area contributed by atoms with Crippen molar-refractivity contribution in [3.63, 3.8) is 0 Å². The fraction of sp³-hybridized carbons (Fsp3) is 0.348. The lowest BCUT2D eigenvalue weighted by atomic mass is 9.92. The fourth-order valence-electron chi connectivity index (χ4n) is 4.39. The third-order valence-electron chi connectivity index (χ3n) is 6.29. The number of carbonyl (C=O) groups excluding carboxylic acids is 1. The summed E-state index contributed by atoms with van der Waals surface area (Å²) in [6.07, 6.45) is 0.176. The highest BCUT2D eigenvalue weighted by Crippen LogP contribution is 2.50. The van der Waals surface area contributed by atoms with Crippen molar-refractivity contribution in [3.8, 4) is 0 Å². The van der Waals surface area contributed by atoms with Crippen LogP contribution in [-0.4, -0.2) is 51.2 Å². The Morgan fingerprint density at radius 3 is 2.68 bits per heavy atom. The Balaban J connectivity index is 1.37. The van der Waals surface area contributed by atoms with E-state index in [4.69, 9.17) is 16.6 Å². The summed E-state index contributed by atoms with van der Waals surface area (Å²) < 4.78 is 0. The number of pyridine rings is 1. The first-order valence-corrected chi connectivity index (χ1v) is 10.8. The molecule has 2 atom stereocenters. The molecule has 3 aliphatic rings. The third kappa shape index (κ3) is 3.63. The minimum absolute atomic E-state index is 0.165. The van der Waals surface area contributed by atoms with Crippen molar-refractivity contribution in [2.75, 3.05) is 13.1 Å². The van der Waals surface area contributed by atoms with Crippen LogP contribution in [0, 0.1) is 0 Å². The van der Waals surface area contributed by atoms with Gasteiger partial charge in [-0.15, -0.1) is 0 Å². The van der Waals surface area contributed by atoms with Gasteiger partial charge in [0.1, 0.15) is 11.0 Å². The van der Waals surface area contributed by atoms with Crippen LogP contribution in [0.3, 0.4) is 0 Å². The average Bonchev–Trinajstić information content (AvgIpc) is 3.61. The highest BCUT2D eigenvalue weighted by molar-refractivity contribution is 6.29. The summed E-state index contributed by atoms with van der Waals surface area (Å²) in [5.74, 6) is 0.333. The molecule has 2 aromatic rings. The van der Waals surface area contributed by atoms with Crippen LogP contribution in [0.25, 0.3) is 0 Å². The van der Waals surface area contributed by atoms with Crippen LogP contribution >= 0.6 is 11.6 Å². The molecule has 1 fully saturated rings. The van der Waals surface area contributed by atoms with E-state index in [0.29, 0.717) is 18.5 Å². The average molecular weight is 439 g/mol. The minimum atomic E-state index is -1.40. The predicted molar refractivity (Wildman–Crippen MR) is 116 cm³/mol. The van der Waals surface area contributed by atoms with Gasteiger partial charge in [-0.25, -0.2) is 9.98 Å².